The van der Waals surface area contributed by atoms with Gasteiger partial charge in [0.2, 0.25) is 5.91 Å². The molecule has 4 rings (SSSR count). The lowest BCUT2D eigenvalue weighted by atomic mass is 9.79. The van der Waals surface area contributed by atoms with Gasteiger partial charge in [-0.05, 0) is 69.7 Å². The SMILES string of the molecule is CC(=O)C[C@@H]1CCC[C@H](C(=O)Nc2cc(-c3cc(F)c4nn(C)c(C(C)(C)O)c4c3)c(Cl)cn2)C1. The number of ketones is 1. The van der Waals surface area contributed by atoms with Crippen LogP contribution in [0.2, 0.25) is 5.02 Å². The van der Waals surface area contributed by atoms with Gasteiger partial charge in [0.1, 0.15) is 22.7 Å². The number of hydrogen-bond acceptors (Lipinski definition) is 5. The molecule has 2 N–H and O–H groups in total. The minimum Gasteiger partial charge on any atom is -0.384 e. The van der Waals surface area contributed by atoms with E-state index >= 15 is 4.39 Å². The summed E-state index contributed by atoms with van der Waals surface area (Å²) in [6, 6.07) is 4.69. The molecule has 1 aliphatic carbocycles. The van der Waals surface area contributed by atoms with Gasteiger partial charge in [0.05, 0.1) is 10.7 Å². The molecule has 3 aromatic rings. The van der Waals surface area contributed by atoms with E-state index in [0.29, 0.717) is 45.9 Å². The number of aliphatic hydroxyl groups is 1. The standard InChI is InChI=1S/C26H30ClFN4O3/c1-14(33)8-15-6-5-7-16(9-15)25(34)30-22-12-18(20(27)13-29-22)17-10-19-23(21(28)11-17)31-32(4)24(19)26(2,3)35/h10-13,15-16,35H,5-9H2,1-4H3,(H,29,30,34)/t15-,16-/m0/s1. The smallest absolute Gasteiger partial charge is 0.228 e. The van der Waals surface area contributed by atoms with E-state index in [-0.39, 0.29) is 29.0 Å². The van der Waals surface area contributed by atoms with Gasteiger partial charge >= 0.3 is 0 Å². The lowest BCUT2D eigenvalue weighted by molar-refractivity contribution is -0.123. The Morgan fingerprint density at radius 2 is 2.03 bits per heavy atom. The third-order valence-corrected chi connectivity index (χ3v) is 6.92. The number of fused-ring (bicyclic) bond motifs is 1. The number of nitrogens with zero attached hydrogens (tertiary/aromatic N) is 3. The molecule has 7 nitrogen and oxygen atoms in total. The summed E-state index contributed by atoms with van der Waals surface area (Å²) >= 11 is 6.42. The quantitative estimate of drug-likeness (QED) is 0.473. The molecule has 0 unspecified atom stereocenters. The molecule has 0 bridgehead atoms. The van der Waals surface area contributed by atoms with Crippen LogP contribution < -0.4 is 5.32 Å². The summed E-state index contributed by atoms with van der Waals surface area (Å²) in [6.07, 6.45) is 5.24. The first kappa shape index (κ1) is 25.3. The molecular weight excluding hydrogens is 471 g/mol. The van der Waals surface area contributed by atoms with Gasteiger partial charge in [0.25, 0.3) is 0 Å². The molecule has 1 aromatic carbocycles. The summed E-state index contributed by atoms with van der Waals surface area (Å²) in [5, 5.41) is 18.5. The van der Waals surface area contributed by atoms with Gasteiger partial charge in [-0.3, -0.25) is 9.48 Å². The third kappa shape index (κ3) is 5.38. The van der Waals surface area contributed by atoms with Crippen molar-refractivity contribution in [3.05, 3.63) is 40.9 Å². The number of pyridine rings is 1. The summed E-state index contributed by atoms with van der Waals surface area (Å²) in [4.78, 5) is 28.7. The number of anilines is 1. The number of amides is 1. The van der Waals surface area contributed by atoms with Crippen LogP contribution in [0.15, 0.2) is 24.4 Å². The monoisotopic (exact) mass is 500 g/mol. The van der Waals surface area contributed by atoms with Crippen molar-refractivity contribution >= 4 is 40.0 Å². The summed E-state index contributed by atoms with van der Waals surface area (Å²) in [5.41, 5.74) is 0.376. The van der Waals surface area contributed by atoms with E-state index in [1.54, 1.807) is 40.0 Å². The highest BCUT2D eigenvalue weighted by molar-refractivity contribution is 6.33. The van der Waals surface area contributed by atoms with Crippen LogP contribution in [-0.4, -0.2) is 31.6 Å². The molecule has 2 heterocycles. The van der Waals surface area contributed by atoms with E-state index in [4.69, 9.17) is 11.6 Å². The van der Waals surface area contributed by atoms with Gasteiger partial charge in [-0.15, -0.1) is 0 Å². The molecule has 35 heavy (non-hydrogen) atoms. The molecule has 2 atom stereocenters. The molecule has 0 aliphatic heterocycles. The Bertz CT molecular complexity index is 1300. The Hall–Kier alpha value is -2.84. The average molecular weight is 501 g/mol. The van der Waals surface area contributed by atoms with E-state index in [0.717, 1.165) is 19.3 Å². The second-order valence-electron chi connectivity index (χ2n) is 10.1. The zero-order valence-corrected chi connectivity index (χ0v) is 21.1. The first-order valence-electron chi connectivity index (χ1n) is 11.8. The average Bonchev–Trinajstić information content (AvgIpc) is 3.11. The Morgan fingerprint density at radius 3 is 2.71 bits per heavy atom. The predicted octanol–water partition coefficient (Wildman–Crippen LogP) is 5.38. The maximum Gasteiger partial charge on any atom is 0.228 e. The number of nitrogens with one attached hydrogen (secondary N) is 1. The van der Waals surface area contributed by atoms with Gasteiger partial charge < -0.3 is 15.2 Å². The Balaban J connectivity index is 1.64. The second kappa shape index (κ2) is 9.66. The van der Waals surface area contributed by atoms with Crippen LogP contribution in [0.4, 0.5) is 10.2 Å². The zero-order valence-electron chi connectivity index (χ0n) is 20.4. The van der Waals surface area contributed by atoms with E-state index in [2.05, 4.69) is 15.4 Å². The van der Waals surface area contributed by atoms with Crippen molar-refractivity contribution < 1.29 is 19.1 Å². The van der Waals surface area contributed by atoms with Crippen molar-refractivity contribution in [3.8, 4) is 11.1 Å². The lowest BCUT2D eigenvalue weighted by Crippen LogP contribution is -2.29. The molecule has 1 aliphatic rings. The van der Waals surface area contributed by atoms with Crippen LogP contribution in [0.5, 0.6) is 0 Å². The zero-order chi connectivity index (χ0) is 25.5. The number of hydrogen-bond donors (Lipinski definition) is 2. The molecule has 1 amide bonds. The number of rotatable bonds is 6. The maximum absolute atomic E-state index is 15.0. The van der Waals surface area contributed by atoms with Crippen LogP contribution in [-0.2, 0) is 22.2 Å². The van der Waals surface area contributed by atoms with Crippen molar-refractivity contribution in [2.24, 2.45) is 18.9 Å². The number of halogens is 2. The van der Waals surface area contributed by atoms with Gasteiger partial charge in [0, 0.05) is 36.5 Å². The van der Waals surface area contributed by atoms with Crippen LogP contribution in [0.1, 0.15) is 58.6 Å². The fourth-order valence-corrected chi connectivity index (χ4v) is 5.43. The minimum atomic E-state index is -1.24. The molecule has 1 saturated carbocycles. The summed E-state index contributed by atoms with van der Waals surface area (Å²) in [6.45, 7) is 4.82. The molecule has 0 saturated heterocycles. The van der Waals surface area contributed by atoms with Crippen LogP contribution in [0.3, 0.4) is 0 Å². The van der Waals surface area contributed by atoms with E-state index in [1.165, 1.54) is 16.9 Å². The highest BCUT2D eigenvalue weighted by Crippen LogP contribution is 2.37. The van der Waals surface area contributed by atoms with Crippen LogP contribution in [0, 0.1) is 17.7 Å². The summed E-state index contributed by atoms with van der Waals surface area (Å²) in [5.74, 6) is -0.182. The van der Waals surface area contributed by atoms with Crippen molar-refractivity contribution in [2.75, 3.05) is 5.32 Å². The van der Waals surface area contributed by atoms with Crippen molar-refractivity contribution in [3.63, 3.8) is 0 Å². The number of benzene rings is 1. The lowest BCUT2D eigenvalue weighted by Gasteiger charge is -2.27. The fourth-order valence-electron chi connectivity index (χ4n) is 5.21. The van der Waals surface area contributed by atoms with Gasteiger partial charge in [-0.2, -0.15) is 5.10 Å². The van der Waals surface area contributed by atoms with Gasteiger partial charge in [-0.25, -0.2) is 9.37 Å². The van der Waals surface area contributed by atoms with Crippen LogP contribution >= 0.6 is 11.6 Å². The minimum absolute atomic E-state index is 0.141. The largest absolute Gasteiger partial charge is 0.384 e. The number of carbonyl (C=O) groups excluding carboxylic acids is 2. The van der Waals surface area contributed by atoms with Crippen molar-refractivity contribution in [1.82, 2.24) is 14.8 Å². The third-order valence-electron chi connectivity index (χ3n) is 6.62. The number of carbonyl (C=O) groups is 2. The highest BCUT2D eigenvalue weighted by Gasteiger charge is 2.29. The molecule has 0 spiro atoms. The normalized spacial score (nSPS) is 18.6. The Morgan fingerprint density at radius 1 is 1.29 bits per heavy atom. The van der Waals surface area contributed by atoms with Crippen molar-refractivity contribution in [2.45, 2.75) is 58.5 Å². The Labute approximate surface area is 208 Å². The first-order valence-corrected chi connectivity index (χ1v) is 12.2. The maximum atomic E-state index is 15.0. The molecule has 2 aromatic heterocycles. The fraction of sp³-hybridized carbons (Fsp3) is 0.462. The molecule has 0 radical (unpaired) electrons. The number of aromatic nitrogens is 3. The molecule has 186 valence electrons. The molecule has 9 heteroatoms. The van der Waals surface area contributed by atoms with Gasteiger partial charge in [-0.1, -0.05) is 18.0 Å². The van der Waals surface area contributed by atoms with Crippen molar-refractivity contribution in [1.29, 1.82) is 0 Å². The summed E-state index contributed by atoms with van der Waals surface area (Å²) in [7, 11) is 1.66. The second-order valence-corrected chi connectivity index (χ2v) is 10.5. The summed E-state index contributed by atoms with van der Waals surface area (Å²) < 4.78 is 16.5. The van der Waals surface area contributed by atoms with E-state index < -0.39 is 11.4 Å². The van der Waals surface area contributed by atoms with Gasteiger partial charge in [0.15, 0.2) is 5.82 Å². The Kier molecular flexibility index (Phi) is 6.97. The molecular formula is C26H30ClFN4O3. The first-order chi connectivity index (χ1) is 16.4. The highest BCUT2D eigenvalue weighted by atomic mass is 35.5. The van der Waals surface area contributed by atoms with Crippen LogP contribution in [0.25, 0.3) is 22.0 Å². The van der Waals surface area contributed by atoms with E-state index in [1.807, 2.05) is 0 Å². The number of Topliss-reactive ketones (excluding diaryl/α,β-unsaturated/α-hetero) is 1. The van der Waals surface area contributed by atoms with E-state index in [9.17, 15) is 14.7 Å². The molecule has 1 fully saturated rings. The topological polar surface area (TPSA) is 97.1 Å². The predicted molar refractivity (Wildman–Crippen MR) is 134 cm³/mol. The number of aryl methyl sites for hydroxylation is 1.